The lowest BCUT2D eigenvalue weighted by Crippen LogP contribution is -2.23. The maximum Gasteiger partial charge on any atom is 0.424 e. The summed E-state index contributed by atoms with van der Waals surface area (Å²) in [6.45, 7) is 0. The Morgan fingerprint density at radius 3 is 2.67 bits per heavy atom. The van der Waals surface area contributed by atoms with Crippen molar-refractivity contribution >= 4 is 40.7 Å². The maximum absolute atomic E-state index is 12.5. The lowest BCUT2D eigenvalue weighted by Gasteiger charge is -2.04. The first-order chi connectivity index (χ1) is 8.34. The Bertz CT molecular complexity index is 717. The van der Waals surface area contributed by atoms with Crippen LogP contribution in [0.25, 0.3) is 11.8 Å². The van der Waals surface area contributed by atoms with E-state index in [1.807, 2.05) is 5.73 Å². The Labute approximate surface area is 108 Å². The third-order valence-electron chi connectivity index (χ3n) is 2.16. The third kappa shape index (κ3) is 2.11. The summed E-state index contributed by atoms with van der Waals surface area (Å²) in [7, 11) is 1.17. The number of ether oxygens (including phenoxy) is 1. The van der Waals surface area contributed by atoms with E-state index >= 15 is 0 Å². The summed E-state index contributed by atoms with van der Waals surface area (Å²) in [6.07, 6.45) is -3.68. The van der Waals surface area contributed by atoms with Crippen LogP contribution in [0.2, 0.25) is 5.02 Å². The summed E-state index contributed by atoms with van der Waals surface area (Å²) >= 11 is 6.78. The fourth-order valence-corrected chi connectivity index (χ4v) is 2.67. The average molecular weight is 293 g/mol. The van der Waals surface area contributed by atoms with E-state index in [0.29, 0.717) is 4.53 Å². The van der Waals surface area contributed by atoms with E-state index in [1.165, 1.54) is 7.11 Å². The summed E-state index contributed by atoms with van der Waals surface area (Å²) in [5, 5.41) is 0.0609. The molecule has 0 saturated carbocycles. The number of fused-ring (bicyclic) bond motifs is 1. The van der Waals surface area contributed by atoms with Crippen molar-refractivity contribution in [2.45, 2.75) is 6.18 Å². The van der Waals surface area contributed by atoms with Crippen LogP contribution >= 0.6 is 22.9 Å². The fraction of sp³-hybridized carbons (Fsp3) is 0.182. The predicted octanol–water partition coefficient (Wildman–Crippen LogP) is 2.01. The summed E-state index contributed by atoms with van der Waals surface area (Å²) in [5.74, 6) is -0.692. The molecule has 0 radical (unpaired) electrons. The highest BCUT2D eigenvalue weighted by molar-refractivity contribution is 7.12. The van der Waals surface area contributed by atoms with Gasteiger partial charge in [-0.2, -0.15) is 13.2 Å². The normalized spacial score (nSPS) is 13.3. The van der Waals surface area contributed by atoms with Crippen LogP contribution in [0.5, 0.6) is 0 Å². The zero-order chi connectivity index (χ0) is 13.5. The number of carbonyl (C=O) groups is 1. The zero-order valence-electron chi connectivity index (χ0n) is 8.81. The Balaban J connectivity index is 2.70. The molecule has 94 valence electrons. The largest absolute Gasteiger partial charge is 0.465 e. The monoisotopic (exact) mass is 292 g/mol. The van der Waals surface area contributed by atoms with Gasteiger partial charge in [0.05, 0.1) is 16.7 Å². The Morgan fingerprint density at radius 1 is 1.44 bits per heavy atom. The van der Waals surface area contributed by atoms with Gasteiger partial charge in [0.25, 0.3) is 0 Å². The molecule has 1 aliphatic rings. The van der Waals surface area contributed by atoms with E-state index < -0.39 is 17.7 Å². The number of hydrogen-bond acceptors (Lipinski definition) is 3. The topological polar surface area (TPSA) is 26.3 Å². The van der Waals surface area contributed by atoms with E-state index in [4.69, 9.17) is 11.6 Å². The highest BCUT2D eigenvalue weighted by Gasteiger charge is 2.33. The van der Waals surface area contributed by atoms with Gasteiger partial charge in [0.2, 0.25) is 0 Å². The number of allylic oxidation sites excluding steroid dienone is 1. The summed E-state index contributed by atoms with van der Waals surface area (Å²) < 4.78 is 42.3. The number of halogens is 4. The SMILES string of the molecule is COC(=O)c1sc2c(c1Cl)=CC(C(F)(F)F)=C=C=2. The van der Waals surface area contributed by atoms with Crippen molar-refractivity contribution in [1.82, 2.24) is 0 Å². The molecular weight excluding hydrogens is 289 g/mol. The van der Waals surface area contributed by atoms with Gasteiger partial charge in [0, 0.05) is 5.22 Å². The molecule has 0 unspecified atom stereocenters. The molecule has 0 fully saturated rings. The first-order valence-electron chi connectivity index (χ1n) is 4.56. The number of esters is 1. The van der Waals surface area contributed by atoms with Gasteiger partial charge in [-0.1, -0.05) is 17.3 Å². The van der Waals surface area contributed by atoms with Crippen molar-refractivity contribution in [2.75, 3.05) is 7.11 Å². The van der Waals surface area contributed by atoms with Gasteiger partial charge in [0.1, 0.15) is 10.5 Å². The summed E-state index contributed by atoms with van der Waals surface area (Å²) in [6, 6.07) is 0. The first-order valence-corrected chi connectivity index (χ1v) is 5.75. The van der Waals surface area contributed by atoms with Gasteiger partial charge in [0.15, 0.2) is 0 Å². The molecule has 1 heterocycles. The molecule has 0 aliphatic heterocycles. The van der Waals surface area contributed by atoms with Crippen LogP contribution in [0.3, 0.4) is 0 Å². The quantitative estimate of drug-likeness (QED) is 0.585. The van der Waals surface area contributed by atoms with Crippen molar-refractivity contribution < 1.29 is 22.7 Å². The Morgan fingerprint density at radius 2 is 2.11 bits per heavy atom. The molecule has 18 heavy (non-hydrogen) atoms. The van der Waals surface area contributed by atoms with Crippen LogP contribution in [0.4, 0.5) is 13.2 Å². The smallest absolute Gasteiger partial charge is 0.424 e. The summed E-state index contributed by atoms with van der Waals surface area (Å²) in [4.78, 5) is 11.4. The Hall–Kier alpha value is -1.45. The molecule has 0 atom stereocenters. The lowest BCUT2D eigenvalue weighted by atomic mass is 10.2. The fourth-order valence-electron chi connectivity index (χ4n) is 1.33. The second-order valence-corrected chi connectivity index (χ2v) is 4.68. The third-order valence-corrected chi connectivity index (χ3v) is 3.77. The molecule has 7 heteroatoms. The van der Waals surface area contributed by atoms with E-state index in [2.05, 4.69) is 10.5 Å². The standard InChI is InChI=1S/C11H4ClF3O2S/c1-17-10(16)9-8(12)6-4-5(11(13,14)15)2-3-7(6)18-9/h4H,1H3. The minimum Gasteiger partial charge on any atom is -0.465 e. The minimum absolute atomic E-state index is 0.0538. The van der Waals surface area contributed by atoms with Crippen LogP contribution in [-0.2, 0) is 4.74 Å². The van der Waals surface area contributed by atoms with Crippen LogP contribution < -0.4 is 9.75 Å². The molecule has 0 saturated heterocycles. The maximum atomic E-state index is 12.5. The van der Waals surface area contributed by atoms with Crippen molar-refractivity contribution in [1.29, 1.82) is 0 Å². The predicted molar refractivity (Wildman–Crippen MR) is 60.9 cm³/mol. The Kier molecular flexibility index (Phi) is 3.13. The zero-order valence-corrected chi connectivity index (χ0v) is 10.4. The molecule has 1 aliphatic carbocycles. The molecule has 1 aromatic heterocycles. The van der Waals surface area contributed by atoms with Crippen LogP contribution in [0.15, 0.2) is 11.3 Å². The van der Waals surface area contributed by atoms with E-state index in [1.54, 1.807) is 0 Å². The first kappa shape index (κ1) is 13.0. The van der Waals surface area contributed by atoms with Crippen LogP contribution in [-0.4, -0.2) is 19.3 Å². The molecule has 2 nitrogen and oxygen atoms in total. The number of methoxy groups -OCH3 is 1. The van der Waals surface area contributed by atoms with Crippen molar-refractivity contribution in [3.05, 3.63) is 31.0 Å². The number of rotatable bonds is 1. The second kappa shape index (κ2) is 4.34. The van der Waals surface area contributed by atoms with Gasteiger partial charge < -0.3 is 4.74 Å². The van der Waals surface area contributed by atoms with Gasteiger partial charge in [-0.25, -0.2) is 4.79 Å². The number of alkyl halides is 3. The van der Waals surface area contributed by atoms with E-state index in [9.17, 15) is 18.0 Å². The molecule has 0 spiro atoms. The number of carbonyl (C=O) groups excluding carboxylic acids is 1. The van der Waals surface area contributed by atoms with Crippen molar-refractivity contribution in [3.63, 3.8) is 0 Å². The second-order valence-electron chi connectivity index (χ2n) is 3.29. The van der Waals surface area contributed by atoms with Crippen molar-refractivity contribution in [2.24, 2.45) is 0 Å². The number of hydrogen-bond donors (Lipinski definition) is 0. The molecular formula is C11H4ClF3O2S. The van der Waals surface area contributed by atoms with Crippen LogP contribution in [0, 0.1) is 0 Å². The molecule has 0 bridgehead atoms. The van der Waals surface area contributed by atoms with E-state index in [0.717, 1.165) is 17.4 Å². The van der Waals surface area contributed by atoms with Crippen molar-refractivity contribution in [3.8, 4) is 0 Å². The molecule has 1 aromatic rings. The molecule has 0 amide bonds. The summed E-state index contributed by atoms with van der Waals surface area (Å²) in [5.41, 5.74) is 3.37. The van der Waals surface area contributed by atoms with E-state index in [-0.39, 0.29) is 15.1 Å². The molecule has 2 rings (SSSR count). The van der Waals surface area contributed by atoms with Crippen LogP contribution in [0.1, 0.15) is 9.67 Å². The van der Waals surface area contributed by atoms with Gasteiger partial charge in [-0.15, -0.1) is 11.3 Å². The lowest BCUT2D eigenvalue weighted by molar-refractivity contribution is -0.0863. The highest BCUT2D eigenvalue weighted by atomic mass is 35.5. The molecule has 0 N–H and O–H groups in total. The minimum atomic E-state index is -4.53. The highest BCUT2D eigenvalue weighted by Crippen LogP contribution is 2.26. The van der Waals surface area contributed by atoms with Gasteiger partial charge in [-0.3, -0.25) is 0 Å². The van der Waals surface area contributed by atoms with Gasteiger partial charge >= 0.3 is 12.1 Å². The molecule has 0 aromatic carbocycles. The average Bonchev–Trinajstić information content (AvgIpc) is 2.64. The number of thiophene rings is 1. The van der Waals surface area contributed by atoms with Gasteiger partial charge in [-0.05, 0) is 11.8 Å².